The van der Waals surface area contributed by atoms with E-state index in [9.17, 15) is 14.4 Å². The molecule has 4 aliphatic rings. The zero-order chi connectivity index (χ0) is 16.4. The van der Waals surface area contributed by atoms with Gasteiger partial charge in [0.25, 0.3) is 0 Å². The van der Waals surface area contributed by atoms with E-state index in [1.165, 1.54) is 0 Å². The minimum atomic E-state index is -0.419. The Labute approximate surface area is 137 Å². The molecule has 3 nitrogen and oxygen atoms in total. The van der Waals surface area contributed by atoms with Crippen molar-refractivity contribution in [3.05, 3.63) is 11.6 Å². The number of fused-ring (bicyclic) bond motifs is 5. The average Bonchev–Trinajstić information content (AvgIpc) is 2.83. The number of allylic oxidation sites excluding steroid dienone is 2. The zero-order valence-electron chi connectivity index (χ0n) is 14.1. The second-order valence-electron chi connectivity index (χ2n) is 8.63. The van der Waals surface area contributed by atoms with E-state index in [0.29, 0.717) is 55.1 Å². The Morgan fingerprint density at radius 3 is 2.65 bits per heavy atom. The molecule has 0 aromatic carbocycles. The average molecular weight is 314 g/mol. The molecule has 0 bridgehead atoms. The number of ketones is 2. The van der Waals surface area contributed by atoms with Crippen LogP contribution in [0.5, 0.6) is 0 Å². The smallest absolute Gasteiger partial charge is 0.139 e. The van der Waals surface area contributed by atoms with Gasteiger partial charge in [0.1, 0.15) is 17.9 Å². The molecule has 0 aromatic rings. The number of carbonyl (C=O) groups excluding carboxylic acids is 3. The molecule has 0 spiro atoms. The monoisotopic (exact) mass is 314 g/mol. The molecule has 6 atom stereocenters. The van der Waals surface area contributed by atoms with Gasteiger partial charge in [-0.3, -0.25) is 9.59 Å². The van der Waals surface area contributed by atoms with Crippen molar-refractivity contribution in [3.63, 3.8) is 0 Å². The highest BCUT2D eigenvalue weighted by molar-refractivity contribution is 5.88. The van der Waals surface area contributed by atoms with E-state index < -0.39 is 5.41 Å². The van der Waals surface area contributed by atoms with Crippen LogP contribution in [-0.4, -0.2) is 17.9 Å². The summed E-state index contributed by atoms with van der Waals surface area (Å²) in [4.78, 5) is 36.6. The summed E-state index contributed by atoms with van der Waals surface area (Å²) in [7, 11) is 0. The number of Topliss-reactive ketones (excluding diaryl/α,β-unsaturated/α-hetero) is 2. The highest BCUT2D eigenvalue weighted by atomic mass is 16.1. The standard InChI is InChI=1S/C20H26O3/c1-12-9-13-10-14(22)5-8-20(13,11-21)16-6-7-19(2)15(18(12)16)3-4-17(19)23/h9,11-12,15-16,18H,3-8,10H2,1-2H3/t12-,15+,16+,18+,19+,20-/m1/s1. The Bertz CT molecular complexity index is 618. The molecule has 3 fully saturated rings. The lowest BCUT2D eigenvalue weighted by Crippen LogP contribution is -2.54. The molecule has 0 radical (unpaired) electrons. The fraction of sp³-hybridized carbons (Fsp3) is 0.750. The van der Waals surface area contributed by atoms with Crippen LogP contribution >= 0.6 is 0 Å². The third kappa shape index (κ3) is 1.85. The van der Waals surface area contributed by atoms with Crippen LogP contribution in [0.4, 0.5) is 0 Å². The molecule has 4 aliphatic carbocycles. The lowest BCUT2D eigenvalue weighted by Gasteiger charge is -2.57. The minimum absolute atomic E-state index is 0.171. The molecule has 0 amide bonds. The molecule has 3 saturated carbocycles. The Balaban J connectivity index is 1.80. The predicted octanol–water partition coefficient (Wildman–Crippen LogP) is 3.51. The van der Waals surface area contributed by atoms with Crippen LogP contribution in [0.3, 0.4) is 0 Å². The summed E-state index contributed by atoms with van der Waals surface area (Å²) in [6.07, 6.45) is 8.64. The van der Waals surface area contributed by atoms with E-state index in [1.54, 1.807) is 0 Å². The third-order valence-electron chi connectivity index (χ3n) is 7.79. The molecule has 23 heavy (non-hydrogen) atoms. The topological polar surface area (TPSA) is 51.2 Å². The van der Waals surface area contributed by atoms with Crippen molar-refractivity contribution in [3.8, 4) is 0 Å². The molecule has 124 valence electrons. The van der Waals surface area contributed by atoms with Gasteiger partial charge in [0.05, 0.1) is 5.41 Å². The van der Waals surface area contributed by atoms with Crippen molar-refractivity contribution in [2.45, 2.75) is 58.8 Å². The SMILES string of the molecule is C[C@@H]1C=C2CC(=O)CC[C@]2(C=O)[C@H]2CC[C@]3(C)C(=O)CC[C@H]3[C@H]12. The number of hydrogen-bond donors (Lipinski definition) is 0. The Morgan fingerprint density at radius 1 is 1.13 bits per heavy atom. The van der Waals surface area contributed by atoms with Gasteiger partial charge in [-0.1, -0.05) is 25.5 Å². The first-order valence-corrected chi connectivity index (χ1v) is 9.15. The van der Waals surface area contributed by atoms with Gasteiger partial charge in [-0.15, -0.1) is 0 Å². The minimum Gasteiger partial charge on any atom is -0.302 e. The number of aldehydes is 1. The van der Waals surface area contributed by atoms with Crippen LogP contribution in [0.15, 0.2) is 11.6 Å². The van der Waals surface area contributed by atoms with Gasteiger partial charge in [0, 0.05) is 24.7 Å². The van der Waals surface area contributed by atoms with Crippen LogP contribution in [0, 0.1) is 34.5 Å². The molecule has 0 aromatic heterocycles. The van der Waals surface area contributed by atoms with Gasteiger partial charge in [-0.05, 0) is 49.4 Å². The van der Waals surface area contributed by atoms with Gasteiger partial charge in [0.2, 0.25) is 0 Å². The molecule has 4 rings (SSSR count). The predicted molar refractivity (Wildman–Crippen MR) is 86.7 cm³/mol. The Hall–Kier alpha value is -1.25. The second kappa shape index (κ2) is 4.87. The lowest BCUT2D eigenvalue weighted by atomic mass is 9.46. The maximum atomic E-state index is 12.5. The maximum absolute atomic E-state index is 12.5. The van der Waals surface area contributed by atoms with Gasteiger partial charge < -0.3 is 4.79 Å². The van der Waals surface area contributed by atoms with Crippen molar-refractivity contribution < 1.29 is 14.4 Å². The highest BCUT2D eigenvalue weighted by Crippen LogP contribution is 2.64. The van der Waals surface area contributed by atoms with Gasteiger partial charge in [-0.25, -0.2) is 0 Å². The number of hydrogen-bond acceptors (Lipinski definition) is 3. The summed E-state index contributed by atoms with van der Waals surface area (Å²) in [6.45, 7) is 4.39. The molecular formula is C20H26O3. The first kappa shape index (κ1) is 15.3. The van der Waals surface area contributed by atoms with E-state index in [1.807, 2.05) is 0 Å². The molecular weight excluding hydrogens is 288 g/mol. The first-order chi connectivity index (χ1) is 10.9. The van der Waals surface area contributed by atoms with Crippen molar-refractivity contribution in [2.75, 3.05) is 0 Å². The van der Waals surface area contributed by atoms with E-state index in [-0.39, 0.29) is 11.2 Å². The highest BCUT2D eigenvalue weighted by Gasteiger charge is 2.61. The summed E-state index contributed by atoms with van der Waals surface area (Å²) in [5, 5.41) is 0. The largest absolute Gasteiger partial charge is 0.302 e. The summed E-state index contributed by atoms with van der Waals surface area (Å²) in [5.74, 6) is 2.23. The number of rotatable bonds is 1. The summed E-state index contributed by atoms with van der Waals surface area (Å²) in [6, 6.07) is 0. The van der Waals surface area contributed by atoms with E-state index in [2.05, 4.69) is 19.9 Å². The van der Waals surface area contributed by atoms with Gasteiger partial charge >= 0.3 is 0 Å². The molecule has 0 unspecified atom stereocenters. The van der Waals surface area contributed by atoms with E-state index in [4.69, 9.17) is 0 Å². The fourth-order valence-electron chi connectivity index (χ4n) is 6.56. The van der Waals surface area contributed by atoms with Crippen molar-refractivity contribution in [1.82, 2.24) is 0 Å². The molecule has 0 N–H and O–H groups in total. The molecule has 0 saturated heterocycles. The van der Waals surface area contributed by atoms with Crippen molar-refractivity contribution in [2.24, 2.45) is 34.5 Å². The molecule has 0 heterocycles. The fourth-order valence-corrected chi connectivity index (χ4v) is 6.56. The summed E-state index contributed by atoms with van der Waals surface area (Å²) < 4.78 is 0. The van der Waals surface area contributed by atoms with Crippen LogP contribution in [-0.2, 0) is 14.4 Å². The third-order valence-corrected chi connectivity index (χ3v) is 7.79. The first-order valence-electron chi connectivity index (χ1n) is 9.15. The van der Waals surface area contributed by atoms with Crippen LogP contribution in [0.1, 0.15) is 58.8 Å². The van der Waals surface area contributed by atoms with Crippen LogP contribution in [0.25, 0.3) is 0 Å². The summed E-state index contributed by atoms with van der Waals surface area (Å²) >= 11 is 0. The quantitative estimate of drug-likeness (QED) is 0.550. The van der Waals surface area contributed by atoms with Gasteiger partial charge in [0.15, 0.2) is 0 Å². The second-order valence-corrected chi connectivity index (χ2v) is 8.63. The zero-order valence-corrected chi connectivity index (χ0v) is 14.1. The van der Waals surface area contributed by atoms with Crippen LogP contribution < -0.4 is 0 Å². The summed E-state index contributed by atoms with van der Waals surface area (Å²) in [5.41, 5.74) is 0.498. The maximum Gasteiger partial charge on any atom is 0.139 e. The lowest BCUT2D eigenvalue weighted by molar-refractivity contribution is -0.137. The normalized spacial score (nSPS) is 49.0. The molecule has 3 heteroatoms. The van der Waals surface area contributed by atoms with E-state index in [0.717, 1.165) is 31.1 Å². The number of carbonyl (C=O) groups is 3. The van der Waals surface area contributed by atoms with Gasteiger partial charge in [-0.2, -0.15) is 0 Å². The Kier molecular flexibility index (Phi) is 3.24. The molecule has 0 aliphatic heterocycles. The van der Waals surface area contributed by atoms with E-state index >= 15 is 0 Å². The Morgan fingerprint density at radius 2 is 1.91 bits per heavy atom. The van der Waals surface area contributed by atoms with Crippen LogP contribution in [0.2, 0.25) is 0 Å². The van der Waals surface area contributed by atoms with Crippen molar-refractivity contribution in [1.29, 1.82) is 0 Å². The van der Waals surface area contributed by atoms with Crippen molar-refractivity contribution >= 4 is 17.9 Å².